The lowest BCUT2D eigenvalue weighted by molar-refractivity contribution is 0.0691. The minimum atomic E-state index is -1.03. The van der Waals surface area contributed by atoms with Crippen LogP contribution in [0.1, 0.15) is 17.4 Å². The number of methoxy groups -OCH3 is 1. The summed E-state index contributed by atoms with van der Waals surface area (Å²) in [5.41, 5.74) is 0.804. The number of ether oxygens (including phenoxy) is 2. The number of benzene rings is 1. The summed E-state index contributed by atoms with van der Waals surface area (Å²) < 4.78 is 10.7. The van der Waals surface area contributed by atoms with E-state index in [2.05, 4.69) is 4.98 Å². The molecule has 0 fully saturated rings. The Balaban J connectivity index is 2.44. The van der Waals surface area contributed by atoms with Gasteiger partial charge in [-0.1, -0.05) is 0 Å². The summed E-state index contributed by atoms with van der Waals surface area (Å²) in [4.78, 5) is 14.9. The Morgan fingerprint density at radius 1 is 1.47 bits per heavy atom. The summed E-state index contributed by atoms with van der Waals surface area (Å²) in [5.74, 6) is 0.282. The van der Waals surface area contributed by atoms with Gasteiger partial charge in [-0.25, -0.2) is 9.78 Å². The van der Waals surface area contributed by atoms with E-state index in [4.69, 9.17) is 14.6 Å². The molecule has 0 bridgehead atoms. The smallest absolute Gasteiger partial charge is 0.355 e. The summed E-state index contributed by atoms with van der Waals surface area (Å²) in [6.07, 6.45) is 0. The minimum Gasteiger partial charge on any atom is -0.497 e. The lowest BCUT2D eigenvalue weighted by Gasteiger charge is -2.09. The number of hydrogen-bond donors (Lipinski definition) is 1. The van der Waals surface area contributed by atoms with Crippen LogP contribution in [0.25, 0.3) is 10.6 Å². The van der Waals surface area contributed by atoms with Gasteiger partial charge >= 0.3 is 5.97 Å². The first-order chi connectivity index (χ1) is 9.15. The fourth-order valence-corrected chi connectivity index (χ4v) is 2.40. The van der Waals surface area contributed by atoms with Crippen molar-refractivity contribution in [3.05, 3.63) is 29.3 Å². The summed E-state index contributed by atoms with van der Waals surface area (Å²) >= 11 is 1.27. The van der Waals surface area contributed by atoms with Gasteiger partial charge in [-0.2, -0.15) is 0 Å². The second-order valence-electron chi connectivity index (χ2n) is 3.64. The van der Waals surface area contributed by atoms with Crippen LogP contribution in [0.4, 0.5) is 0 Å². The van der Waals surface area contributed by atoms with E-state index in [-0.39, 0.29) is 5.69 Å². The molecule has 1 N–H and O–H groups in total. The lowest BCUT2D eigenvalue weighted by atomic mass is 10.2. The van der Waals surface area contributed by atoms with E-state index in [1.807, 2.05) is 13.0 Å². The van der Waals surface area contributed by atoms with Crippen molar-refractivity contribution < 1.29 is 19.4 Å². The Morgan fingerprint density at radius 2 is 2.26 bits per heavy atom. The maximum absolute atomic E-state index is 10.8. The van der Waals surface area contributed by atoms with Crippen LogP contribution in [0.2, 0.25) is 0 Å². The van der Waals surface area contributed by atoms with Crippen LogP contribution in [-0.2, 0) is 0 Å². The van der Waals surface area contributed by atoms with Crippen molar-refractivity contribution in [3.63, 3.8) is 0 Å². The van der Waals surface area contributed by atoms with Crippen LogP contribution in [0.15, 0.2) is 23.6 Å². The maximum atomic E-state index is 10.8. The molecule has 0 aliphatic heterocycles. The van der Waals surface area contributed by atoms with Crippen molar-refractivity contribution in [2.24, 2.45) is 0 Å². The number of hydrogen-bond acceptors (Lipinski definition) is 5. The molecule has 100 valence electrons. The van der Waals surface area contributed by atoms with Crippen LogP contribution < -0.4 is 9.47 Å². The predicted octanol–water partition coefficient (Wildman–Crippen LogP) is 2.92. The largest absolute Gasteiger partial charge is 0.497 e. The highest BCUT2D eigenvalue weighted by molar-refractivity contribution is 7.13. The average Bonchev–Trinajstić information content (AvgIpc) is 2.88. The van der Waals surface area contributed by atoms with Gasteiger partial charge in [-0.15, -0.1) is 11.3 Å². The first-order valence-electron chi connectivity index (χ1n) is 5.65. The molecule has 19 heavy (non-hydrogen) atoms. The zero-order chi connectivity index (χ0) is 13.8. The molecule has 1 aromatic carbocycles. The third-order valence-electron chi connectivity index (χ3n) is 2.44. The quantitative estimate of drug-likeness (QED) is 0.911. The van der Waals surface area contributed by atoms with Gasteiger partial charge < -0.3 is 14.6 Å². The number of carboxylic acid groups (broad SMARTS) is 1. The number of nitrogens with zero attached hydrogens (tertiary/aromatic N) is 1. The Morgan fingerprint density at radius 3 is 2.84 bits per heavy atom. The molecule has 0 amide bonds. The van der Waals surface area contributed by atoms with E-state index >= 15 is 0 Å². The standard InChI is InChI=1S/C13H13NO4S/c1-3-18-11-6-8(17-2)4-5-9(11)12-14-10(7-19-12)13(15)16/h4-7H,3H2,1-2H3,(H,15,16). The molecule has 0 saturated heterocycles. The summed E-state index contributed by atoms with van der Waals surface area (Å²) in [6, 6.07) is 5.37. The summed E-state index contributed by atoms with van der Waals surface area (Å²) in [6.45, 7) is 2.39. The van der Waals surface area contributed by atoms with Crippen molar-refractivity contribution in [2.45, 2.75) is 6.92 Å². The summed E-state index contributed by atoms with van der Waals surface area (Å²) in [5, 5.41) is 11.0. The van der Waals surface area contributed by atoms with Crippen molar-refractivity contribution in [2.75, 3.05) is 13.7 Å². The van der Waals surface area contributed by atoms with Crippen LogP contribution in [-0.4, -0.2) is 29.8 Å². The highest BCUT2D eigenvalue weighted by Gasteiger charge is 2.14. The van der Waals surface area contributed by atoms with Gasteiger partial charge in [0.05, 0.1) is 19.3 Å². The van der Waals surface area contributed by atoms with Gasteiger partial charge in [0.25, 0.3) is 0 Å². The van der Waals surface area contributed by atoms with Crippen LogP contribution in [0.3, 0.4) is 0 Å². The molecule has 5 nitrogen and oxygen atoms in total. The Labute approximate surface area is 114 Å². The van der Waals surface area contributed by atoms with Crippen molar-refractivity contribution in [1.82, 2.24) is 4.98 Å². The number of rotatable bonds is 5. The van der Waals surface area contributed by atoms with E-state index in [0.717, 1.165) is 5.56 Å². The topological polar surface area (TPSA) is 68.7 Å². The molecule has 2 aromatic rings. The predicted molar refractivity (Wildman–Crippen MR) is 72.2 cm³/mol. The zero-order valence-corrected chi connectivity index (χ0v) is 11.4. The second-order valence-corrected chi connectivity index (χ2v) is 4.50. The van der Waals surface area contributed by atoms with E-state index in [1.54, 1.807) is 19.2 Å². The summed E-state index contributed by atoms with van der Waals surface area (Å²) in [7, 11) is 1.58. The molecule has 1 heterocycles. The molecule has 0 radical (unpaired) electrons. The number of aromatic nitrogens is 1. The molecular formula is C13H13NO4S. The first-order valence-corrected chi connectivity index (χ1v) is 6.53. The normalized spacial score (nSPS) is 10.2. The number of carboxylic acids is 1. The molecule has 0 unspecified atom stereocenters. The molecule has 1 aromatic heterocycles. The van der Waals surface area contributed by atoms with Gasteiger partial charge in [0.2, 0.25) is 0 Å². The lowest BCUT2D eigenvalue weighted by Crippen LogP contribution is -1.97. The van der Waals surface area contributed by atoms with Gasteiger partial charge in [-0.3, -0.25) is 0 Å². The van der Waals surface area contributed by atoms with Gasteiger partial charge in [0.1, 0.15) is 16.5 Å². The second kappa shape index (κ2) is 5.71. The van der Waals surface area contributed by atoms with Crippen LogP contribution in [0, 0.1) is 0 Å². The molecule has 0 aliphatic carbocycles. The highest BCUT2D eigenvalue weighted by Crippen LogP contribution is 2.35. The third kappa shape index (κ3) is 2.85. The highest BCUT2D eigenvalue weighted by atomic mass is 32.1. The van der Waals surface area contributed by atoms with Crippen LogP contribution in [0.5, 0.6) is 11.5 Å². The first kappa shape index (κ1) is 13.4. The van der Waals surface area contributed by atoms with Gasteiger partial charge in [-0.05, 0) is 19.1 Å². The monoisotopic (exact) mass is 279 g/mol. The van der Waals surface area contributed by atoms with Crippen molar-refractivity contribution in [3.8, 4) is 22.1 Å². The molecule has 6 heteroatoms. The Bertz CT molecular complexity index is 594. The maximum Gasteiger partial charge on any atom is 0.355 e. The van der Waals surface area contributed by atoms with Crippen LogP contribution >= 0.6 is 11.3 Å². The van der Waals surface area contributed by atoms with Crippen molar-refractivity contribution in [1.29, 1.82) is 0 Å². The number of carbonyl (C=O) groups is 1. The molecule has 0 aliphatic rings. The van der Waals surface area contributed by atoms with E-state index in [1.165, 1.54) is 16.7 Å². The van der Waals surface area contributed by atoms with Crippen molar-refractivity contribution >= 4 is 17.3 Å². The minimum absolute atomic E-state index is 0.0401. The Kier molecular flexibility index (Phi) is 4.01. The SMILES string of the molecule is CCOc1cc(OC)ccc1-c1nc(C(=O)O)cs1. The van der Waals surface area contributed by atoms with E-state index in [9.17, 15) is 4.79 Å². The van der Waals surface area contributed by atoms with Gasteiger partial charge in [0.15, 0.2) is 5.69 Å². The molecule has 2 rings (SSSR count). The fourth-order valence-electron chi connectivity index (χ4n) is 1.58. The molecule has 0 atom stereocenters. The molecular weight excluding hydrogens is 266 g/mol. The number of aromatic carboxylic acids is 1. The zero-order valence-electron chi connectivity index (χ0n) is 10.5. The average molecular weight is 279 g/mol. The van der Waals surface area contributed by atoms with Gasteiger partial charge in [0, 0.05) is 11.4 Å². The molecule has 0 saturated carbocycles. The number of thiazole rings is 1. The fraction of sp³-hybridized carbons (Fsp3) is 0.231. The third-order valence-corrected chi connectivity index (χ3v) is 3.32. The van der Waals surface area contributed by atoms with E-state index < -0.39 is 5.97 Å². The Hall–Kier alpha value is -2.08. The molecule has 0 spiro atoms. The van der Waals surface area contributed by atoms with E-state index in [0.29, 0.717) is 23.1 Å².